The van der Waals surface area contributed by atoms with E-state index < -0.39 is 5.97 Å². The Bertz CT molecular complexity index is 1890. The van der Waals surface area contributed by atoms with E-state index in [0.717, 1.165) is 46.6 Å². The van der Waals surface area contributed by atoms with Crippen LogP contribution in [0.25, 0.3) is 11.8 Å². The summed E-state index contributed by atoms with van der Waals surface area (Å²) in [4.78, 5) is 31.3. The standard InChI is InChI=1S/C31H25BrN2O5S/c1-17(35)39-29-24(32)13-18(14-25(29)38-3)15-26-30(36)34-28(20-8-6-9-21(16-20)37-2)23-12-11-19-7-4-5-10-22(19)27(23)33-31(34)40-26/h4-10,13-16,28H,11-12H2,1-3H3/b26-15+/t28-/m1/s1. The number of nitrogens with zero attached hydrogens (tertiary/aromatic N) is 2. The van der Waals surface area contributed by atoms with E-state index in [0.29, 0.717) is 19.6 Å². The van der Waals surface area contributed by atoms with E-state index in [4.69, 9.17) is 19.2 Å². The highest BCUT2D eigenvalue weighted by molar-refractivity contribution is 9.10. The number of ether oxygens (including phenoxy) is 3. The van der Waals surface area contributed by atoms with Crippen LogP contribution in [0.15, 0.2) is 80.5 Å². The molecule has 1 aliphatic carbocycles. The minimum absolute atomic E-state index is 0.124. The van der Waals surface area contributed by atoms with Crippen molar-refractivity contribution >= 4 is 45.0 Å². The molecular formula is C31H25BrN2O5S. The van der Waals surface area contributed by atoms with Gasteiger partial charge in [0.1, 0.15) is 5.75 Å². The Morgan fingerprint density at radius 2 is 1.90 bits per heavy atom. The summed E-state index contributed by atoms with van der Waals surface area (Å²) < 4.78 is 19.2. The summed E-state index contributed by atoms with van der Waals surface area (Å²) in [6.07, 6.45) is 3.51. The summed E-state index contributed by atoms with van der Waals surface area (Å²) in [6.45, 7) is 1.33. The number of aromatic nitrogens is 1. The maximum atomic E-state index is 14.0. The van der Waals surface area contributed by atoms with E-state index in [9.17, 15) is 9.59 Å². The number of thiazole rings is 1. The second-order valence-corrected chi connectivity index (χ2v) is 11.4. The highest BCUT2D eigenvalue weighted by Gasteiger charge is 2.32. The lowest BCUT2D eigenvalue weighted by molar-refractivity contribution is -0.132. The molecule has 9 heteroatoms. The SMILES string of the molecule is COc1cccc([C@@H]2C3=C(N=c4s/c(=C/c5cc(Br)c(OC(C)=O)c(OC)c5)c(=O)n42)c2ccccc2CC3)c1. The van der Waals surface area contributed by atoms with Crippen molar-refractivity contribution in [3.8, 4) is 17.2 Å². The average Bonchev–Trinajstić information content (AvgIpc) is 3.26. The molecule has 1 aliphatic heterocycles. The zero-order valence-corrected chi connectivity index (χ0v) is 24.5. The van der Waals surface area contributed by atoms with Crippen LogP contribution in [0.2, 0.25) is 0 Å². The minimum atomic E-state index is -0.455. The number of carbonyl (C=O) groups excluding carboxylic acids is 1. The van der Waals surface area contributed by atoms with Gasteiger partial charge in [-0.1, -0.05) is 47.7 Å². The molecule has 0 saturated carbocycles. The predicted molar refractivity (Wildman–Crippen MR) is 158 cm³/mol. The van der Waals surface area contributed by atoms with Gasteiger partial charge < -0.3 is 14.2 Å². The zero-order chi connectivity index (χ0) is 28.0. The van der Waals surface area contributed by atoms with Crippen LogP contribution in [-0.4, -0.2) is 24.8 Å². The van der Waals surface area contributed by atoms with Crippen molar-refractivity contribution in [1.82, 2.24) is 4.57 Å². The van der Waals surface area contributed by atoms with E-state index in [1.807, 2.05) is 36.4 Å². The van der Waals surface area contributed by atoms with Gasteiger partial charge in [-0.2, -0.15) is 0 Å². The number of carbonyl (C=O) groups is 1. The molecule has 1 aromatic heterocycles. The molecule has 2 heterocycles. The summed E-state index contributed by atoms with van der Waals surface area (Å²) in [5.41, 5.74) is 6.02. The van der Waals surface area contributed by atoms with Crippen LogP contribution in [-0.2, 0) is 11.2 Å². The lowest BCUT2D eigenvalue weighted by Gasteiger charge is -2.31. The Balaban J connectivity index is 1.57. The van der Waals surface area contributed by atoms with E-state index >= 15 is 0 Å². The molecule has 0 spiro atoms. The lowest BCUT2D eigenvalue weighted by atomic mass is 9.83. The minimum Gasteiger partial charge on any atom is -0.497 e. The molecular weight excluding hydrogens is 592 g/mol. The summed E-state index contributed by atoms with van der Waals surface area (Å²) in [7, 11) is 3.15. The van der Waals surface area contributed by atoms with Gasteiger partial charge in [0.25, 0.3) is 5.56 Å². The Kier molecular flexibility index (Phi) is 6.93. The van der Waals surface area contributed by atoms with Gasteiger partial charge in [0.15, 0.2) is 16.3 Å². The number of aryl methyl sites for hydroxylation is 1. The maximum Gasteiger partial charge on any atom is 0.308 e. The molecule has 202 valence electrons. The number of allylic oxidation sites excluding steroid dienone is 1. The molecule has 7 nitrogen and oxygen atoms in total. The van der Waals surface area contributed by atoms with Gasteiger partial charge in [0.05, 0.1) is 35.0 Å². The lowest BCUT2D eigenvalue weighted by Crippen LogP contribution is -2.38. The molecule has 3 aromatic carbocycles. The molecule has 6 rings (SSSR count). The zero-order valence-electron chi connectivity index (χ0n) is 22.1. The molecule has 0 N–H and O–H groups in total. The van der Waals surface area contributed by atoms with E-state index in [1.165, 1.54) is 30.9 Å². The van der Waals surface area contributed by atoms with Gasteiger partial charge >= 0.3 is 5.97 Å². The van der Waals surface area contributed by atoms with Crippen LogP contribution >= 0.6 is 27.3 Å². The summed E-state index contributed by atoms with van der Waals surface area (Å²) >= 11 is 4.82. The normalized spacial score (nSPS) is 16.0. The molecule has 4 aromatic rings. The molecule has 40 heavy (non-hydrogen) atoms. The Labute approximate surface area is 242 Å². The fourth-order valence-electron chi connectivity index (χ4n) is 5.35. The van der Waals surface area contributed by atoms with Crippen molar-refractivity contribution in [1.29, 1.82) is 0 Å². The number of hydrogen-bond donors (Lipinski definition) is 0. The Morgan fingerprint density at radius 1 is 1.07 bits per heavy atom. The first-order chi connectivity index (χ1) is 19.4. The van der Waals surface area contributed by atoms with Crippen molar-refractivity contribution in [2.75, 3.05) is 14.2 Å². The number of halogens is 1. The molecule has 0 radical (unpaired) electrons. The molecule has 1 atom stereocenters. The Morgan fingerprint density at radius 3 is 2.67 bits per heavy atom. The molecule has 0 saturated heterocycles. The van der Waals surface area contributed by atoms with Crippen LogP contribution in [0.3, 0.4) is 0 Å². The second kappa shape index (κ2) is 10.6. The van der Waals surface area contributed by atoms with Gasteiger partial charge in [0, 0.05) is 12.5 Å². The maximum absolute atomic E-state index is 14.0. The first kappa shape index (κ1) is 26.3. The fourth-order valence-corrected chi connectivity index (χ4v) is 6.89. The third kappa shape index (κ3) is 4.59. The predicted octanol–water partition coefficient (Wildman–Crippen LogP) is 5.02. The monoisotopic (exact) mass is 616 g/mol. The van der Waals surface area contributed by atoms with Gasteiger partial charge in [-0.25, -0.2) is 4.99 Å². The van der Waals surface area contributed by atoms with E-state index in [1.54, 1.807) is 23.8 Å². The third-order valence-corrected chi connectivity index (χ3v) is 8.65. The van der Waals surface area contributed by atoms with Crippen LogP contribution < -0.4 is 29.1 Å². The number of methoxy groups -OCH3 is 2. The van der Waals surface area contributed by atoms with Crippen molar-refractivity contribution in [2.45, 2.75) is 25.8 Å². The Hall–Kier alpha value is -3.95. The third-order valence-electron chi connectivity index (χ3n) is 7.08. The van der Waals surface area contributed by atoms with E-state index in [2.05, 4.69) is 34.1 Å². The smallest absolute Gasteiger partial charge is 0.308 e. The first-order valence-corrected chi connectivity index (χ1v) is 14.3. The number of esters is 1. The van der Waals surface area contributed by atoms with Crippen molar-refractivity contribution in [3.05, 3.63) is 113 Å². The van der Waals surface area contributed by atoms with Gasteiger partial charge in [-0.15, -0.1) is 0 Å². The van der Waals surface area contributed by atoms with Crippen molar-refractivity contribution in [2.24, 2.45) is 4.99 Å². The van der Waals surface area contributed by atoms with Crippen LogP contribution in [0.1, 0.15) is 41.6 Å². The van der Waals surface area contributed by atoms with Crippen molar-refractivity contribution in [3.63, 3.8) is 0 Å². The molecule has 2 aliphatic rings. The van der Waals surface area contributed by atoms with Crippen LogP contribution in [0.4, 0.5) is 0 Å². The largest absolute Gasteiger partial charge is 0.497 e. The van der Waals surface area contributed by atoms with Gasteiger partial charge in [0.2, 0.25) is 0 Å². The van der Waals surface area contributed by atoms with Crippen LogP contribution in [0.5, 0.6) is 17.2 Å². The summed E-state index contributed by atoms with van der Waals surface area (Å²) in [5.74, 6) is 0.950. The van der Waals surface area contributed by atoms with E-state index in [-0.39, 0.29) is 17.4 Å². The molecule has 0 fully saturated rings. The fraction of sp³-hybridized carbons (Fsp3) is 0.194. The van der Waals surface area contributed by atoms with Crippen molar-refractivity contribution < 1.29 is 19.0 Å². The highest BCUT2D eigenvalue weighted by Crippen LogP contribution is 2.42. The first-order valence-electron chi connectivity index (χ1n) is 12.7. The topological polar surface area (TPSA) is 79.1 Å². The summed E-state index contributed by atoms with van der Waals surface area (Å²) in [5, 5.41) is 0. The molecule has 0 bridgehead atoms. The molecule has 0 amide bonds. The summed E-state index contributed by atoms with van der Waals surface area (Å²) in [6, 6.07) is 19.5. The van der Waals surface area contributed by atoms with Gasteiger partial charge in [-0.05, 0) is 81.4 Å². The van der Waals surface area contributed by atoms with Gasteiger partial charge in [-0.3, -0.25) is 14.2 Å². The second-order valence-electron chi connectivity index (χ2n) is 9.52. The number of benzene rings is 3. The highest BCUT2D eigenvalue weighted by atomic mass is 79.9. The molecule has 0 unspecified atom stereocenters. The quantitative estimate of drug-likeness (QED) is 0.232. The number of hydrogen-bond acceptors (Lipinski definition) is 7. The number of rotatable bonds is 5. The number of fused-ring (bicyclic) bond motifs is 3. The average molecular weight is 618 g/mol. The van der Waals surface area contributed by atoms with Crippen LogP contribution in [0, 0.1) is 0 Å².